The number of piperidine rings is 1. The molecule has 0 bridgehead atoms. The highest BCUT2D eigenvalue weighted by Gasteiger charge is 2.51. The normalized spacial score (nSPS) is 25.9. The van der Waals surface area contributed by atoms with Crippen LogP contribution < -0.4 is 0 Å². The van der Waals surface area contributed by atoms with Gasteiger partial charge in [-0.3, -0.25) is 4.79 Å². The molecule has 1 spiro atoms. The fourth-order valence-corrected chi connectivity index (χ4v) is 4.78. The highest BCUT2D eigenvalue weighted by molar-refractivity contribution is 5.87. The molecule has 3 aliphatic heterocycles. The van der Waals surface area contributed by atoms with Crippen molar-refractivity contribution in [3.63, 3.8) is 0 Å². The average Bonchev–Trinajstić information content (AvgIpc) is 3.27. The third kappa shape index (κ3) is 2.79. The highest BCUT2D eigenvalue weighted by Crippen LogP contribution is 2.44. The van der Waals surface area contributed by atoms with Crippen LogP contribution in [0.25, 0.3) is 0 Å². The lowest BCUT2D eigenvalue weighted by atomic mass is 9.81. The lowest BCUT2D eigenvalue weighted by Gasteiger charge is -2.44. The first-order chi connectivity index (χ1) is 12.1. The van der Waals surface area contributed by atoms with Crippen molar-refractivity contribution in [2.24, 2.45) is 0 Å². The summed E-state index contributed by atoms with van der Waals surface area (Å²) in [6, 6.07) is 10.3. The molecule has 134 valence electrons. The Morgan fingerprint density at radius 2 is 1.60 bits per heavy atom. The third-order valence-electron chi connectivity index (χ3n) is 6.47. The second kappa shape index (κ2) is 6.36. The topological polar surface area (TPSA) is 43.9 Å². The van der Waals surface area contributed by atoms with Gasteiger partial charge >= 0.3 is 6.03 Å². The quantitative estimate of drug-likeness (QED) is 0.788. The number of amides is 3. The number of nitrogens with zero attached hydrogens (tertiary/aromatic N) is 3. The molecule has 0 saturated carbocycles. The monoisotopic (exact) mass is 341 g/mol. The minimum Gasteiger partial charge on any atom is -0.339 e. The Morgan fingerprint density at radius 1 is 1.00 bits per heavy atom. The molecule has 3 aliphatic rings. The number of carbonyl (C=O) groups excluding carboxylic acids is 2. The predicted octanol–water partition coefficient (Wildman–Crippen LogP) is 2.68. The molecule has 0 aliphatic carbocycles. The van der Waals surface area contributed by atoms with Crippen molar-refractivity contribution in [1.82, 2.24) is 14.7 Å². The van der Waals surface area contributed by atoms with E-state index in [-0.39, 0.29) is 23.4 Å². The van der Waals surface area contributed by atoms with E-state index in [1.807, 2.05) is 39.9 Å². The Labute approximate surface area is 149 Å². The van der Waals surface area contributed by atoms with Crippen LogP contribution in [0, 0.1) is 0 Å². The number of urea groups is 1. The zero-order valence-corrected chi connectivity index (χ0v) is 15.0. The Balaban J connectivity index is 1.45. The number of benzene rings is 1. The predicted molar refractivity (Wildman–Crippen MR) is 96.3 cm³/mol. The molecule has 0 N–H and O–H groups in total. The van der Waals surface area contributed by atoms with Gasteiger partial charge in [0.15, 0.2) is 0 Å². The largest absolute Gasteiger partial charge is 0.339 e. The molecule has 1 atom stereocenters. The molecule has 3 saturated heterocycles. The molecule has 0 aromatic heterocycles. The van der Waals surface area contributed by atoms with Crippen LogP contribution in [-0.4, -0.2) is 65.4 Å². The minimum absolute atomic E-state index is 0.0352. The summed E-state index contributed by atoms with van der Waals surface area (Å²) in [7, 11) is 1.95. The van der Waals surface area contributed by atoms with Crippen molar-refractivity contribution in [2.45, 2.75) is 43.6 Å². The van der Waals surface area contributed by atoms with Crippen molar-refractivity contribution >= 4 is 11.9 Å². The molecular formula is C20H27N3O2. The maximum atomic E-state index is 12.8. The summed E-state index contributed by atoms with van der Waals surface area (Å²) in [5.74, 6) is 0.192. The molecule has 3 heterocycles. The smallest absolute Gasteiger partial charge is 0.320 e. The summed E-state index contributed by atoms with van der Waals surface area (Å²) in [5, 5.41) is 0. The molecule has 3 fully saturated rings. The molecule has 1 aromatic rings. The zero-order valence-electron chi connectivity index (χ0n) is 15.0. The van der Waals surface area contributed by atoms with Gasteiger partial charge in [-0.2, -0.15) is 0 Å². The van der Waals surface area contributed by atoms with Gasteiger partial charge in [0, 0.05) is 38.8 Å². The Hall–Kier alpha value is -2.04. The van der Waals surface area contributed by atoms with Gasteiger partial charge in [-0.25, -0.2) is 4.79 Å². The Morgan fingerprint density at radius 3 is 2.24 bits per heavy atom. The summed E-state index contributed by atoms with van der Waals surface area (Å²) in [4.78, 5) is 31.4. The van der Waals surface area contributed by atoms with Gasteiger partial charge in [-0.05, 0) is 37.7 Å². The van der Waals surface area contributed by atoms with Crippen molar-refractivity contribution < 1.29 is 9.59 Å². The fraction of sp³-hybridized carbons (Fsp3) is 0.600. The number of likely N-dealkylation sites (tertiary alicyclic amines) is 3. The first-order valence-corrected chi connectivity index (χ1v) is 9.47. The molecule has 5 heteroatoms. The highest BCUT2D eigenvalue weighted by atomic mass is 16.2. The van der Waals surface area contributed by atoms with Crippen molar-refractivity contribution in [3.8, 4) is 0 Å². The van der Waals surface area contributed by atoms with E-state index in [1.54, 1.807) is 0 Å². The first kappa shape index (κ1) is 16.4. The first-order valence-electron chi connectivity index (χ1n) is 9.47. The van der Waals surface area contributed by atoms with E-state index in [4.69, 9.17) is 0 Å². The molecule has 5 nitrogen and oxygen atoms in total. The van der Waals surface area contributed by atoms with Gasteiger partial charge in [0.05, 0.1) is 5.92 Å². The number of hydrogen-bond donors (Lipinski definition) is 0. The Kier molecular flexibility index (Phi) is 4.18. The molecule has 1 aromatic carbocycles. The molecule has 25 heavy (non-hydrogen) atoms. The fourth-order valence-electron chi connectivity index (χ4n) is 4.78. The van der Waals surface area contributed by atoms with E-state index >= 15 is 0 Å². The SMILES string of the molecule is CN1C(=O)[C@H](c2ccccc2)CC12CCN(C(=O)N1CCCC1)CC2. The van der Waals surface area contributed by atoms with Crippen LogP contribution in [0.5, 0.6) is 0 Å². The molecule has 0 radical (unpaired) electrons. The summed E-state index contributed by atoms with van der Waals surface area (Å²) < 4.78 is 0. The minimum atomic E-state index is -0.0839. The van der Waals surface area contributed by atoms with E-state index < -0.39 is 0 Å². The molecule has 4 rings (SSSR count). The second-order valence-corrected chi connectivity index (χ2v) is 7.75. The number of likely N-dealkylation sites (N-methyl/N-ethyl adjacent to an activating group) is 1. The van der Waals surface area contributed by atoms with Crippen LogP contribution in [0.15, 0.2) is 30.3 Å². The van der Waals surface area contributed by atoms with Crippen LogP contribution in [0.3, 0.4) is 0 Å². The molecule has 3 amide bonds. The van der Waals surface area contributed by atoms with E-state index in [9.17, 15) is 9.59 Å². The number of hydrogen-bond acceptors (Lipinski definition) is 2. The van der Waals surface area contributed by atoms with Crippen molar-refractivity contribution in [3.05, 3.63) is 35.9 Å². The van der Waals surface area contributed by atoms with Gasteiger partial charge in [0.25, 0.3) is 0 Å². The number of carbonyl (C=O) groups is 2. The standard InChI is InChI=1S/C20H27N3O2/c1-21-18(24)17(16-7-3-2-4-8-16)15-20(21)9-13-23(14-10-20)19(25)22-11-5-6-12-22/h2-4,7-8,17H,5-6,9-15H2,1H3/t17-/m0/s1. The number of rotatable bonds is 1. The molecular weight excluding hydrogens is 314 g/mol. The second-order valence-electron chi connectivity index (χ2n) is 7.75. The van der Waals surface area contributed by atoms with E-state index in [0.29, 0.717) is 0 Å². The van der Waals surface area contributed by atoms with Crippen LogP contribution >= 0.6 is 0 Å². The lowest BCUT2D eigenvalue weighted by molar-refractivity contribution is -0.131. The summed E-state index contributed by atoms with van der Waals surface area (Å²) in [6.07, 6.45) is 4.90. The summed E-state index contributed by atoms with van der Waals surface area (Å²) in [6.45, 7) is 3.31. The van der Waals surface area contributed by atoms with E-state index in [2.05, 4.69) is 12.1 Å². The van der Waals surface area contributed by atoms with Gasteiger partial charge in [-0.1, -0.05) is 30.3 Å². The van der Waals surface area contributed by atoms with Crippen molar-refractivity contribution in [2.75, 3.05) is 33.2 Å². The van der Waals surface area contributed by atoms with Crippen LogP contribution in [0.4, 0.5) is 4.79 Å². The van der Waals surface area contributed by atoms with Crippen LogP contribution in [-0.2, 0) is 4.79 Å². The lowest BCUT2D eigenvalue weighted by Crippen LogP contribution is -2.54. The van der Waals surface area contributed by atoms with Crippen LogP contribution in [0.2, 0.25) is 0 Å². The molecule has 0 unspecified atom stereocenters. The third-order valence-corrected chi connectivity index (χ3v) is 6.47. The van der Waals surface area contributed by atoms with Gasteiger partial charge in [0.2, 0.25) is 5.91 Å². The maximum Gasteiger partial charge on any atom is 0.320 e. The Bertz CT molecular complexity index is 646. The van der Waals surface area contributed by atoms with E-state index in [1.165, 1.54) is 0 Å². The average molecular weight is 341 g/mol. The summed E-state index contributed by atoms with van der Waals surface area (Å²) >= 11 is 0. The van der Waals surface area contributed by atoms with Gasteiger partial charge in [0.1, 0.15) is 0 Å². The van der Waals surface area contributed by atoms with Crippen molar-refractivity contribution in [1.29, 1.82) is 0 Å². The maximum absolute atomic E-state index is 12.8. The zero-order chi connectivity index (χ0) is 17.4. The van der Waals surface area contributed by atoms with E-state index in [0.717, 1.165) is 63.8 Å². The van der Waals surface area contributed by atoms with Gasteiger partial charge in [-0.15, -0.1) is 0 Å². The van der Waals surface area contributed by atoms with Gasteiger partial charge < -0.3 is 14.7 Å². The van der Waals surface area contributed by atoms with Crippen LogP contribution in [0.1, 0.15) is 43.6 Å². The summed E-state index contributed by atoms with van der Waals surface area (Å²) in [5.41, 5.74) is 1.03.